The van der Waals surface area contributed by atoms with E-state index in [2.05, 4.69) is 26.1 Å². The molecule has 1 aliphatic heterocycles. The summed E-state index contributed by atoms with van der Waals surface area (Å²) >= 11 is 0. The summed E-state index contributed by atoms with van der Waals surface area (Å²) in [6, 6.07) is 0.234. The molecule has 1 rings (SSSR count). The summed E-state index contributed by atoms with van der Waals surface area (Å²) in [5.74, 6) is 0. The lowest BCUT2D eigenvalue weighted by Gasteiger charge is -2.34. The number of nitrogens with zero attached hydrogens (tertiary/aromatic N) is 1. The largest absolute Gasteiger partial charge is 0.446 e. The van der Waals surface area contributed by atoms with Gasteiger partial charge in [-0.05, 0) is 26.2 Å². The number of unbranched alkanes of at least 4 members (excludes halogenated alkanes) is 5. The molecule has 124 valence electrons. The van der Waals surface area contributed by atoms with Gasteiger partial charge in [-0.1, -0.05) is 46.0 Å². The number of carbonyl (C=O) groups is 1. The van der Waals surface area contributed by atoms with Crippen LogP contribution >= 0.6 is 0 Å². The van der Waals surface area contributed by atoms with E-state index in [9.17, 15) is 4.79 Å². The highest BCUT2D eigenvalue weighted by atomic mass is 16.6. The molecule has 0 aromatic rings. The van der Waals surface area contributed by atoms with Crippen LogP contribution < -0.4 is 5.32 Å². The van der Waals surface area contributed by atoms with E-state index in [1.807, 2.05) is 4.90 Å². The minimum atomic E-state index is -0.123. The Kier molecular flexibility index (Phi) is 9.48. The Morgan fingerprint density at radius 3 is 2.62 bits per heavy atom. The van der Waals surface area contributed by atoms with Crippen molar-refractivity contribution in [1.29, 1.82) is 0 Å². The van der Waals surface area contributed by atoms with Crippen molar-refractivity contribution in [2.75, 3.05) is 19.6 Å². The highest BCUT2D eigenvalue weighted by Gasteiger charge is 2.25. The van der Waals surface area contributed by atoms with Crippen LogP contribution in [0.4, 0.5) is 4.79 Å². The van der Waals surface area contributed by atoms with E-state index in [0.29, 0.717) is 0 Å². The van der Waals surface area contributed by atoms with Gasteiger partial charge in [0.15, 0.2) is 0 Å². The third-order valence-corrected chi connectivity index (χ3v) is 4.34. The maximum absolute atomic E-state index is 12.2. The molecule has 1 aliphatic rings. The molecule has 2 unspecified atom stereocenters. The van der Waals surface area contributed by atoms with E-state index in [4.69, 9.17) is 4.74 Å². The summed E-state index contributed by atoms with van der Waals surface area (Å²) in [6.07, 6.45) is 9.61. The second-order valence-corrected chi connectivity index (χ2v) is 6.22. The number of rotatable bonds is 9. The monoisotopic (exact) mass is 298 g/mol. The summed E-state index contributed by atoms with van der Waals surface area (Å²) in [6.45, 7) is 8.91. The van der Waals surface area contributed by atoms with E-state index in [-0.39, 0.29) is 18.2 Å². The lowest BCUT2D eigenvalue weighted by Crippen LogP contribution is -2.52. The number of piperazine rings is 1. The van der Waals surface area contributed by atoms with Gasteiger partial charge in [0, 0.05) is 25.7 Å². The minimum absolute atomic E-state index is 0.0887. The Hall–Kier alpha value is -0.770. The number of hydrogen-bond acceptors (Lipinski definition) is 3. The van der Waals surface area contributed by atoms with Gasteiger partial charge in [-0.25, -0.2) is 4.79 Å². The first-order valence-corrected chi connectivity index (χ1v) is 8.87. The topological polar surface area (TPSA) is 41.6 Å². The molecule has 0 radical (unpaired) electrons. The zero-order valence-corrected chi connectivity index (χ0v) is 14.2. The van der Waals surface area contributed by atoms with Crippen LogP contribution in [0.25, 0.3) is 0 Å². The van der Waals surface area contributed by atoms with Crippen LogP contribution in [-0.2, 0) is 4.74 Å². The summed E-state index contributed by atoms with van der Waals surface area (Å²) < 4.78 is 5.70. The van der Waals surface area contributed by atoms with Crippen molar-refractivity contribution < 1.29 is 9.53 Å². The summed E-state index contributed by atoms with van der Waals surface area (Å²) in [5, 5.41) is 3.30. The van der Waals surface area contributed by atoms with Gasteiger partial charge in [0.25, 0.3) is 0 Å². The number of ether oxygens (including phenoxy) is 1. The Labute approximate surface area is 130 Å². The molecule has 1 amide bonds. The molecule has 2 atom stereocenters. The molecule has 1 N–H and O–H groups in total. The average Bonchev–Trinajstić information content (AvgIpc) is 2.49. The predicted molar refractivity (Wildman–Crippen MR) is 87.6 cm³/mol. The van der Waals surface area contributed by atoms with Crippen molar-refractivity contribution in [3.8, 4) is 0 Å². The van der Waals surface area contributed by atoms with Crippen molar-refractivity contribution in [2.45, 2.75) is 84.3 Å². The van der Waals surface area contributed by atoms with E-state index in [0.717, 1.165) is 32.5 Å². The summed E-state index contributed by atoms with van der Waals surface area (Å²) in [7, 11) is 0. The van der Waals surface area contributed by atoms with Crippen LogP contribution in [0.3, 0.4) is 0 Å². The highest BCUT2D eigenvalue weighted by molar-refractivity contribution is 5.68. The van der Waals surface area contributed by atoms with Crippen molar-refractivity contribution in [3.05, 3.63) is 0 Å². The fourth-order valence-electron chi connectivity index (χ4n) is 2.82. The SMILES string of the molecule is CCCCCCCCC(CC)OC(=O)N1CCNCC1C. The molecule has 1 saturated heterocycles. The molecule has 0 aromatic carbocycles. The number of hydrogen-bond donors (Lipinski definition) is 1. The summed E-state index contributed by atoms with van der Waals surface area (Å²) in [4.78, 5) is 14.1. The van der Waals surface area contributed by atoms with Gasteiger partial charge in [-0.15, -0.1) is 0 Å². The molecule has 0 aromatic heterocycles. The lowest BCUT2D eigenvalue weighted by atomic mass is 10.1. The molecular formula is C17H34N2O2. The van der Waals surface area contributed by atoms with E-state index in [1.54, 1.807) is 0 Å². The molecule has 0 aliphatic carbocycles. The zero-order valence-electron chi connectivity index (χ0n) is 14.2. The molecule has 1 fully saturated rings. The smallest absolute Gasteiger partial charge is 0.410 e. The van der Waals surface area contributed by atoms with E-state index in [1.165, 1.54) is 38.5 Å². The second kappa shape index (κ2) is 10.9. The van der Waals surface area contributed by atoms with Gasteiger partial charge in [-0.3, -0.25) is 0 Å². The second-order valence-electron chi connectivity index (χ2n) is 6.22. The van der Waals surface area contributed by atoms with Gasteiger partial charge < -0.3 is 15.0 Å². The Morgan fingerprint density at radius 1 is 1.24 bits per heavy atom. The molecule has 1 heterocycles. The fraction of sp³-hybridized carbons (Fsp3) is 0.941. The average molecular weight is 298 g/mol. The molecular weight excluding hydrogens is 264 g/mol. The third-order valence-electron chi connectivity index (χ3n) is 4.34. The van der Waals surface area contributed by atoms with Gasteiger partial charge in [-0.2, -0.15) is 0 Å². The Balaban J connectivity index is 2.21. The minimum Gasteiger partial charge on any atom is -0.446 e. The Bertz CT molecular complexity index is 284. The van der Waals surface area contributed by atoms with Crippen LogP contribution in [0.2, 0.25) is 0 Å². The highest BCUT2D eigenvalue weighted by Crippen LogP contribution is 2.15. The van der Waals surface area contributed by atoms with Gasteiger partial charge >= 0.3 is 6.09 Å². The van der Waals surface area contributed by atoms with Gasteiger partial charge in [0.2, 0.25) is 0 Å². The maximum Gasteiger partial charge on any atom is 0.410 e. The van der Waals surface area contributed by atoms with Crippen LogP contribution in [0, 0.1) is 0 Å². The van der Waals surface area contributed by atoms with E-state index >= 15 is 0 Å². The van der Waals surface area contributed by atoms with E-state index < -0.39 is 0 Å². The molecule has 21 heavy (non-hydrogen) atoms. The molecule has 4 nitrogen and oxygen atoms in total. The standard InChI is InChI=1S/C17H34N2O2/c1-4-6-7-8-9-10-11-16(5-2)21-17(20)19-13-12-18-14-15(19)3/h15-16,18H,4-14H2,1-3H3. The number of nitrogens with one attached hydrogen (secondary N) is 1. The third kappa shape index (κ3) is 7.16. The quantitative estimate of drug-likeness (QED) is 0.655. The normalized spacial score (nSPS) is 20.3. The molecule has 0 spiro atoms. The van der Waals surface area contributed by atoms with Crippen molar-refractivity contribution >= 4 is 6.09 Å². The first kappa shape index (κ1) is 18.3. The molecule has 0 saturated carbocycles. The van der Waals surface area contributed by atoms with Crippen LogP contribution in [-0.4, -0.2) is 42.8 Å². The zero-order chi connectivity index (χ0) is 15.5. The molecule has 0 bridgehead atoms. The predicted octanol–water partition coefficient (Wildman–Crippen LogP) is 3.95. The van der Waals surface area contributed by atoms with Crippen LogP contribution in [0.15, 0.2) is 0 Å². The van der Waals surface area contributed by atoms with Crippen LogP contribution in [0.1, 0.15) is 72.1 Å². The maximum atomic E-state index is 12.2. The Morgan fingerprint density at radius 2 is 1.95 bits per heavy atom. The molecule has 4 heteroatoms. The van der Waals surface area contributed by atoms with Gasteiger partial charge in [0.1, 0.15) is 6.10 Å². The number of carbonyl (C=O) groups excluding carboxylic acids is 1. The fourth-order valence-corrected chi connectivity index (χ4v) is 2.82. The summed E-state index contributed by atoms with van der Waals surface area (Å²) in [5.41, 5.74) is 0. The first-order chi connectivity index (χ1) is 10.2. The van der Waals surface area contributed by atoms with Crippen molar-refractivity contribution in [3.63, 3.8) is 0 Å². The number of amides is 1. The first-order valence-electron chi connectivity index (χ1n) is 8.87. The van der Waals surface area contributed by atoms with Crippen molar-refractivity contribution in [1.82, 2.24) is 10.2 Å². The van der Waals surface area contributed by atoms with Crippen LogP contribution in [0.5, 0.6) is 0 Å². The van der Waals surface area contributed by atoms with Gasteiger partial charge in [0.05, 0.1) is 0 Å². The van der Waals surface area contributed by atoms with Crippen molar-refractivity contribution in [2.24, 2.45) is 0 Å². The lowest BCUT2D eigenvalue weighted by molar-refractivity contribution is 0.0418.